The number of rotatable bonds is 6. The Bertz CT molecular complexity index is 315. The molecule has 0 aromatic rings. The number of hydrogen-bond acceptors (Lipinski definition) is 5. The highest BCUT2D eigenvalue weighted by atomic mass is 16.5. The molecule has 2 rings (SSSR count). The second-order valence-electron chi connectivity index (χ2n) is 6.64. The molecule has 21 heavy (non-hydrogen) atoms. The molecule has 0 radical (unpaired) electrons. The molecule has 5 nitrogen and oxygen atoms in total. The quantitative estimate of drug-likeness (QED) is 0.580. The lowest BCUT2D eigenvalue weighted by Gasteiger charge is -2.48. The van der Waals surface area contributed by atoms with Gasteiger partial charge in [-0.05, 0) is 51.9 Å². The molecule has 124 valence electrons. The minimum atomic E-state index is -0.224. The van der Waals surface area contributed by atoms with Gasteiger partial charge in [0.2, 0.25) is 0 Å². The van der Waals surface area contributed by atoms with Gasteiger partial charge < -0.3 is 14.2 Å². The van der Waals surface area contributed by atoms with Crippen LogP contribution in [0.15, 0.2) is 0 Å². The Morgan fingerprint density at radius 2 is 2.05 bits per heavy atom. The molecular formula is C16H32N2O3. The van der Waals surface area contributed by atoms with Crippen molar-refractivity contribution < 1.29 is 14.2 Å². The summed E-state index contributed by atoms with van der Waals surface area (Å²) in [6.45, 7) is 9.54. The summed E-state index contributed by atoms with van der Waals surface area (Å²) in [7, 11) is 0. The third-order valence-corrected chi connectivity index (χ3v) is 5.42. The van der Waals surface area contributed by atoms with Gasteiger partial charge in [0.1, 0.15) is 0 Å². The fourth-order valence-electron chi connectivity index (χ4n) is 3.99. The van der Waals surface area contributed by atoms with Crippen LogP contribution < -0.4 is 11.3 Å². The van der Waals surface area contributed by atoms with Gasteiger partial charge in [-0.15, -0.1) is 0 Å². The summed E-state index contributed by atoms with van der Waals surface area (Å²) < 4.78 is 17.7. The van der Waals surface area contributed by atoms with Crippen LogP contribution in [0.3, 0.4) is 0 Å². The van der Waals surface area contributed by atoms with Gasteiger partial charge in [0.05, 0.1) is 17.2 Å². The highest BCUT2D eigenvalue weighted by Crippen LogP contribution is 2.41. The van der Waals surface area contributed by atoms with Crippen LogP contribution in [-0.2, 0) is 14.2 Å². The summed E-state index contributed by atoms with van der Waals surface area (Å²) in [6.07, 6.45) is 5.04. The van der Waals surface area contributed by atoms with Gasteiger partial charge in [0, 0.05) is 26.4 Å². The molecular weight excluding hydrogens is 268 g/mol. The van der Waals surface area contributed by atoms with Crippen molar-refractivity contribution >= 4 is 0 Å². The molecule has 3 atom stereocenters. The summed E-state index contributed by atoms with van der Waals surface area (Å²) in [4.78, 5) is 0. The van der Waals surface area contributed by atoms with Crippen LogP contribution in [0.1, 0.15) is 52.9 Å². The zero-order chi connectivity index (χ0) is 15.3. The Hall–Kier alpha value is -0.200. The second-order valence-corrected chi connectivity index (χ2v) is 6.64. The van der Waals surface area contributed by atoms with Crippen molar-refractivity contribution in [2.75, 3.05) is 26.4 Å². The summed E-state index contributed by atoms with van der Waals surface area (Å²) >= 11 is 0. The number of hydrogen-bond donors (Lipinski definition) is 2. The van der Waals surface area contributed by atoms with Crippen LogP contribution in [0.4, 0.5) is 0 Å². The molecule has 2 heterocycles. The van der Waals surface area contributed by atoms with E-state index in [4.69, 9.17) is 20.1 Å². The molecule has 0 aromatic heterocycles. The average Bonchev–Trinajstić information content (AvgIpc) is 2.49. The van der Waals surface area contributed by atoms with Crippen LogP contribution in [0.25, 0.3) is 0 Å². The maximum Gasteiger partial charge on any atom is 0.0820 e. The predicted octanol–water partition coefficient (Wildman–Crippen LogP) is 2.00. The smallest absolute Gasteiger partial charge is 0.0820 e. The zero-order valence-electron chi connectivity index (χ0n) is 13.8. The molecule has 0 saturated carbocycles. The highest BCUT2D eigenvalue weighted by molar-refractivity contribution is 4.98. The predicted molar refractivity (Wildman–Crippen MR) is 82.9 cm³/mol. The van der Waals surface area contributed by atoms with Gasteiger partial charge >= 0.3 is 0 Å². The van der Waals surface area contributed by atoms with Crippen molar-refractivity contribution in [2.45, 2.75) is 70.1 Å². The number of nitrogens with one attached hydrogen (secondary N) is 1. The van der Waals surface area contributed by atoms with Crippen LogP contribution in [0.5, 0.6) is 0 Å². The van der Waals surface area contributed by atoms with E-state index in [9.17, 15) is 0 Å². The fraction of sp³-hybridized carbons (Fsp3) is 1.00. The topological polar surface area (TPSA) is 65.7 Å². The number of hydrazine groups is 1. The van der Waals surface area contributed by atoms with Crippen molar-refractivity contribution in [3.63, 3.8) is 0 Å². The largest absolute Gasteiger partial charge is 0.381 e. The van der Waals surface area contributed by atoms with Crippen LogP contribution in [-0.4, -0.2) is 43.7 Å². The van der Waals surface area contributed by atoms with E-state index in [2.05, 4.69) is 19.3 Å². The van der Waals surface area contributed by atoms with Crippen LogP contribution in [0, 0.1) is 5.92 Å². The van der Waals surface area contributed by atoms with E-state index in [1.54, 1.807) is 0 Å². The van der Waals surface area contributed by atoms with E-state index in [0.717, 1.165) is 51.9 Å². The molecule has 3 unspecified atom stereocenters. The molecule has 5 heteroatoms. The first-order valence-corrected chi connectivity index (χ1v) is 8.41. The first-order chi connectivity index (χ1) is 10.1. The molecule has 2 aliphatic heterocycles. The monoisotopic (exact) mass is 300 g/mol. The van der Waals surface area contributed by atoms with Crippen molar-refractivity contribution in [2.24, 2.45) is 11.8 Å². The van der Waals surface area contributed by atoms with Gasteiger partial charge in [-0.1, -0.05) is 6.92 Å². The lowest BCUT2D eigenvalue weighted by atomic mass is 9.73. The molecule has 2 saturated heterocycles. The zero-order valence-corrected chi connectivity index (χ0v) is 13.8. The van der Waals surface area contributed by atoms with Crippen LogP contribution in [0.2, 0.25) is 0 Å². The molecule has 1 spiro atoms. The Morgan fingerprint density at radius 1 is 1.33 bits per heavy atom. The Morgan fingerprint density at radius 3 is 2.62 bits per heavy atom. The molecule has 3 N–H and O–H groups in total. The maximum atomic E-state index is 6.15. The van der Waals surface area contributed by atoms with E-state index in [0.29, 0.717) is 12.5 Å². The Kier molecular flexibility index (Phi) is 6.03. The SMILES string of the molecule is CCOC(C)(CC)C(NN)C1CCOC2(CCOCC2)C1. The highest BCUT2D eigenvalue weighted by Gasteiger charge is 2.45. The van der Waals surface area contributed by atoms with E-state index < -0.39 is 0 Å². The third kappa shape index (κ3) is 3.77. The van der Waals surface area contributed by atoms with Gasteiger partial charge in [0.25, 0.3) is 0 Å². The van der Waals surface area contributed by atoms with E-state index in [1.807, 2.05) is 6.92 Å². The molecule has 0 aromatic carbocycles. The Labute approximate surface area is 128 Å². The second kappa shape index (κ2) is 7.38. The minimum Gasteiger partial charge on any atom is -0.381 e. The average molecular weight is 300 g/mol. The van der Waals surface area contributed by atoms with E-state index in [-0.39, 0.29) is 17.2 Å². The first kappa shape index (κ1) is 17.2. The van der Waals surface area contributed by atoms with Gasteiger partial charge in [-0.25, -0.2) is 0 Å². The van der Waals surface area contributed by atoms with E-state index >= 15 is 0 Å². The summed E-state index contributed by atoms with van der Waals surface area (Å²) in [5.41, 5.74) is 2.83. The van der Waals surface area contributed by atoms with Crippen LogP contribution >= 0.6 is 0 Å². The number of nitrogens with two attached hydrogens (primary N) is 1. The molecule has 2 fully saturated rings. The summed E-state index contributed by atoms with van der Waals surface area (Å²) in [5.74, 6) is 6.40. The maximum absolute atomic E-state index is 6.15. The molecule has 2 aliphatic rings. The normalized spacial score (nSPS) is 30.0. The van der Waals surface area contributed by atoms with Crippen molar-refractivity contribution in [1.29, 1.82) is 0 Å². The number of ether oxygens (including phenoxy) is 3. The minimum absolute atomic E-state index is 0.00284. The van der Waals surface area contributed by atoms with Crippen molar-refractivity contribution in [1.82, 2.24) is 5.43 Å². The fourth-order valence-corrected chi connectivity index (χ4v) is 3.99. The molecule has 0 aliphatic carbocycles. The Balaban J connectivity index is 2.10. The molecule has 0 bridgehead atoms. The van der Waals surface area contributed by atoms with Crippen molar-refractivity contribution in [3.8, 4) is 0 Å². The molecule has 0 amide bonds. The lowest BCUT2D eigenvalue weighted by Crippen LogP contribution is -2.60. The summed E-state index contributed by atoms with van der Waals surface area (Å²) in [5, 5.41) is 0. The van der Waals surface area contributed by atoms with Gasteiger partial charge in [-0.3, -0.25) is 11.3 Å². The van der Waals surface area contributed by atoms with Crippen molar-refractivity contribution in [3.05, 3.63) is 0 Å². The van der Waals surface area contributed by atoms with Gasteiger partial charge in [0.15, 0.2) is 0 Å². The van der Waals surface area contributed by atoms with E-state index in [1.165, 1.54) is 0 Å². The standard InChI is InChI=1S/C16H32N2O3/c1-4-15(3,20-5-2)14(18-17)13-6-9-21-16(12-13)7-10-19-11-8-16/h13-14,18H,4-12,17H2,1-3H3. The summed E-state index contributed by atoms with van der Waals surface area (Å²) in [6, 6.07) is 0.158. The van der Waals surface area contributed by atoms with Gasteiger partial charge in [-0.2, -0.15) is 0 Å². The third-order valence-electron chi connectivity index (χ3n) is 5.42. The first-order valence-electron chi connectivity index (χ1n) is 8.41. The lowest BCUT2D eigenvalue weighted by molar-refractivity contribution is -0.163.